The van der Waals surface area contributed by atoms with Crippen LogP contribution in [0.1, 0.15) is 50.4 Å². The van der Waals surface area contributed by atoms with E-state index in [2.05, 4.69) is 6.58 Å². The fraction of sp³-hybridized carbons (Fsp3) is 0.444. The Morgan fingerprint density at radius 2 is 1.97 bits per heavy atom. The molecule has 5 heteroatoms. The molecular weight excluding hydrogens is 404 g/mol. The van der Waals surface area contributed by atoms with E-state index in [4.69, 9.17) is 9.47 Å². The van der Waals surface area contributed by atoms with E-state index in [1.807, 2.05) is 32.9 Å². The second-order valence-corrected chi connectivity index (χ2v) is 9.55. The molecule has 0 heterocycles. The molecule has 0 N–H and O–H groups in total. The molecular formula is C27H30O5. The molecule has 4 rings (SSSR count). The van der Waals surface area contributed by atoms with Crippen LogP contribution in [0.2, 0.25) is 0 Å². The molecule has 1 saturated carbocycles. The molecule has 0 radical (unpaired) electrons. The Hall–Kier alpha value is -2.95. The first-order valence-corrected chi connectivity index (χ1v) is 11.2. The molecule has 3 aliphatic rings. The molecule has 6 atom stereocenters. The van der Waals surface area contributed by atoms with Crippen LogP contribution in [0.15, 0.2) is 66.0 Å². The lowest BCUT2D eigenvalue weighted by atomic mass is 9.60. The van der Waals surface area contributed by atoms with E-state index in [0.717, 1.165) is 17.6 Å². The molecule has 5 nitrogen and oxygen atoms in total. The molecule has 1 aromatic carbocycles. The third-order valence-corrected chi connectivity index (χ3v) is 7.59. The monoisotopic (exact) mass is 434 g/mol. The first-order chi connectivity index (χ1) is 15.3. The van der Waals surface area contributed by atoms with Gasteiger partial charge in [-0.1, -0.05) is 42.8 Å². The Morgan fingerprint density at radius 3 is 2.62 bits per heavy atom. The lowest BCUT2D eigenvalue weighted by molar-refractivity contribution is -0.128. The minimum absolute atomic E-state index is 0.00518. The van der Waals surface area contributed by atoms with Crippen molar-refractivity contribution >= 4 is 18.2 Å². The van der Waals surface area contributed by atoms with Crippen molar-refractivity contribution in [2.45, 2.75) is 46.1 Å². The number of hydrogen-bond donors (Lipinski definition) is 0. The fourth-order valence-electron chi connectivity index (χ4n) is 6.34. The minimum atomic E-state index is -0.729. The van der Waals surface area contributed by atoms with E-state index in [1.165, 1.54) is 0 Å². The van der Waals surface area contributed by atoms with Gasteiger partial charge in [0.05, 0.1) is 11.0 Å². The molecule has 1 spiro atoms. The maximum atomic E-state index is 13.6. The maximum absolute atomic E-state index is 13.6. The van der Waals surface area contributed by atoms with Crippen molar-refractivity contribution in [1.29, 1.82) is 0 Å². The topological polar surface area (TPSA) is 69.7 Å². The SMILES string of the molecule is C=C(C)[C@H]1CC/C(OC=O)=C\[C@H]2[C@@H](OC(=O)c3ccccc3)[C@@H](C)C[C@]23C(=O)C=C(C)[C@H]13. The van der Waals surface area contributed by atoms with Crippen LogP contribution in [0.5, 0.6) is 0 Å². The zero-order chi connectivity index (χ0) is 23.0. The second kappa shape index (κ2) is 8.53. The Bertz CT molecular complexity index is 1000. The summed E-state index contributed by atoms with van der Waals surface area (Å²) < 4.78 is 11.4. The lowest BCUT2D eigenvalue weighted by Crippen LogP contribution is -2.44. The van der Waals surface area contributed by atoms with Crippen molar-refractivity contribution in [1.82, 2.24) is 0 Å². The maximum Gasteiger partial charge on any atom is 0.338 e. The van der Waals surface area contributed by atoms with E-state index >= 15 is 0 Å². The van der Waals surface area contributed by atoms with Crippen molar-refractivity contribution in [2.24, 2.45) is 29.1 Å². The number of esters is 1. The van der Waals surface area contributed by atoms with Gasteiger partial charge in [-0.2, -0.15) is 0 Å². The zero-order valence-corrected chi connectivity index (χ0v) is 18.9. The number of allylic oxidation sites excluding steroid dienone is 4. The summed E-state index contributed by atoms with van der Waals surface area (Å²) in [5.41, 5.74) is 1.82. The van der Waals surface area contributed by atoms with Gasteiger partial charge in [-0.25, -0.2) is 4.79 Å². The predicted octanol–water partition coefficient (Wildman–Crippen LogP) is 5.04. The Balaban J connectivity index is 1.80. The molecule has 1 aromatic rings. The summed E-state index contributed by atoms with van der Waals surface area (Å²) >= 11 is 0. The summed E-state index contributed by atoms with van der Waals surface area (Å²) in [6.07, 6.45) is 5.07. The van der Waals surface area contributed by atoms with Crippen molar-refractivity contribution in [3.8, 4) is 0 Å². The quantitative estimate of drug-likeness (QED) is 0.369. The zero-order valence-electron chi connectivity index (χ0n) is 18.9. The van der Waals surface area contributed by atoms with E-state index in [9.17, 15) is 14.4 Å². The van der Waals surface area contributed by atoms with Crippen LogP contribution in [-0.4, -0.2) is 24.3 Å². The molecule has 32 heavy (non-hydrogen) atoms. The number of ether oxygens (including phenoxy) is 2. The number of benzene rings is 1. The number of rotatable bonds is 5. The summed E-state index contributed by atoms with van der Waals surface area (Å²) in [7, 11) is 0. The van der Waals surface area contributed by atoms with E-state index in [-0.39, 0.29) is 29.5 Å². The largest absolute Gasteiger partial charge is 0.458 e. The minimum Gasteiger partial charge on any atom is -0.458 e. The molecule has 168 valence electrons. The Kier molecular flexibility index (Phi) is 5.93. The van der Waals surface area contributed by atoms with Gasteiger partial charge < -0.3 is 9.47 Å². The average molecular weight is 435 g/mol. The van der Waals surface area contributed by atoms with E-state index < -0.39 is 17.5 Å². The van der Waals surface area contributed by atoms with Crippen LogP contribution in [-0.2, 0) is 19.1 Å². The smallest absolute Gasteiger partial charge is 0.338 e. The van der Waals surface area contributed by atoms with Gasteiger partial charge in [-0.3, -0.25) is 9.59 Å². The number of ketones is 1. The summed E-state index contributed by atoms with van der Waals surface area (Å²) in [5.74, 6) is -0.143. The van der Waals surface area contributed by atoms with E-state index in [0.29, 0.717) is 30.6 Å². The van der Waals surface area contributed by atoms with Crippen molar-refractivity contribution in [3.63, 3.8) is 0 Å². The van der Waals surface area contributed by atoms with Gasteiger partial charge in [-0.05, 0) is 62.8 Å². The van der Waals surface area contributed by atoms with Gasteiger partial charge in [0.15, 0.2) is 5.78 Å². The molecule has 0 bridgehead atoms. The number of carbonyl (C=O) groups is 3. The van der Waals surface area contributed by atoms with Gasteiger partial charge in [0.25, 0.3) is 6.47 Å². The van der Waals surface area contributed by atoms with Crippen LogP contribution in [0, 0.1) is 29.1 Å². The fourth-order valence-corrected chi connectivity index (χ4v) is 6.34. The highest BCUT2D eigenvalue weighted by Gasteiger charge is 2.64. The van der Waals surface area contributed by atoms with Gasteiger partial charge in [-0.15, -0.1) is 0 Å². The van der Waals surface area contributed by atoms with Crippen molar-refractivity contribution in [3.05, 3.63) is 71.5 Å². The Morgan fingerprint density at radius 1 is 1.25 bits per heavy atom. The third kappa shape index (κ3) is 3.54. The summed E-state index contributed by atoms with van der Waals surface area (Å²) in [4.78, 5) is 37.7. The summed E-state index contributed by atoms with van der Waals surface area (Å²) in [6, 6.07) is 8.88. The molecule has 1 fully saturated rings. The first-order valence-electron chi connectivity index (χ1n) is 11.2. The predicted molar refractivity (Wildman–Crippen MR) is 120 cm³/mol. The number of hydrogen-bond acceptors (Lipinski definition) is 5. The van der Waals surface area contributed by atoms with Gasteiger partial charge in [0.1, 0.15) is 11.9 Å². The Labute approximate surface area is 189 Å². The third-order valence-electron chi connectivity index (χ3n) is 7.59. The summed E-state index contributed by atoms with van der Waals surface area (Å²) in [6.45, 7) is 10.7. The highest BCUT2D eigenvalue weighted by Crippen LogP contribution is 2.62. The molecule has 3 aliphatic carbocycles. The highest BCUT2D eigenvalue weighted by molar-refractivity contribution is 6.00. The van der Waals surface area contributed by atoms with Gasteiger partial charge in [0, 0.05) is 18.3 Å². The number of carbonyl (C=O) groups excluding carboxylic acids is 3. The van der Waals surface area contributed by atoms with Gasteiger partial charge in [0.2, 0.25) is 0 Å². The van der Waals surface area contributed by atoms with Gasteiger partial charge >= 0.3 is 5.97 Å². The van der Waals surface area contributed by atoms with Crippen LogP contribution in [0.25, 0.3) is 0 Å². The highest BCUT2D eigenvalue weighted by atomic mass is 16.5. The molecule has 0 saturated heterocycles. The molecule has 0 unspecified atom stereocenters. The standard InChI is InChI=1S/C27H30O5/c1-16(2)21-11-10-20(31-15-28)13-22-25(32-26(30)19-8-6-5-7-9-19)18(4)14-27(22)23(29)12-17(3)24(21)27/h5-9,12-13,15,18,21-22,24-25H,1,10-11,14H2,2-4H3/b20-13+/t18-,21+,22-,24+,25-,27+/m0/s1. The van der Waals surface area contributed by atoms with E-state index in [1.54, 1.807) is 30.3 Å². The first kappa shape index (κ1) is 22.3. The summed E-state index contributed by atoms with van der Waals surface area (Å²) in [5, 5.41) is 0. The van der Waals surface area contributed by atoms with Crippen LogP contribution in [0.3, 0.4) is 0 Å². The normalized spacial score (nSPS) is 35.3. The lowest BCUT2D eigenvalue weighted by Gasteiger charge is -2.43. The van der Waals surface area contributed by atoms with Crippen LogP contribution in [0.4, 0.5) is 0 Å². The second-order valence-electron chi connectivity index (χ2n) is 9.55. The molecule has 0 amide bonds. The van der Waals surface area contributed by atoms with Crippen LogP contribution < -0.4 is 0 Å². The molecule has 0 aromatic heterocycles. The van der Waals surface area contributed by atoms with Crippen molar-refractivity contribution < 1.29 is 23.9 Å². The van der Waals surface area contributed by atoms with Crippen molar-refractivity contribution in [2.75, 3.05) is 0 Å². The average Bonchev–Trinajstić information content (AvgIpc) is 3.14. The molecule has 0 aliphatic heterocycles. The van der Waals surface area contributed by atoms with Crippen LogP contribution >= 0.6 is 0 Å².